The molecule has 138 valence electrons. The lowest BCUT2D eigenvalue weighted by molar-refractivity contribution is -0.141. The van der Waals surface area contributed by atoms with Gasteiger partial charge in [-0.15, -0.1) is 0 Å². The summed E-state index contributed by atoms with van der Waals surface area (Å²) < 4.78 is 25.7. The summed E-state index contributed by atoms with van der Waals surface area (Å²) >= 11 is 0. The van der Waals surface area contributed by atoms with Crippen molar-refractivity contribution in [1.29, 1.82) is 0 Å². The van der Waals surface area contributed by atoms with Crippen molar-refractivity contribution < 1.29 is 18.7 Å². The maximum Gasteiger partial charge on any atom is 0.338 e. The molecule has 1 aromatic heterocycles. The number of esters is 1. The lowest BCUT2D eigenvalue weighted by Crippen LogP contribution is -2.30. The Hall–Kier alpha value is -2.74. The first kappa shape index (κ1) is 18.1. The van der Waals surface area contributed by atoms with Crippen molar-refractivity contribution in [2.75, 3.05) is 18.5 Å². The molecule has 0 amide bonds. The van der Waals surface area contributed by atoms with Crippen LogP contribution in [-0.4, -0.2) is 40.1 Å². The van der Waals surface area contributed by atoms with Crippen molar-refractivity contribution >= 4 is 11.9 Å². The van der Waals surface area contributed by atoms with E-state index in [0.717, 1.165) is 0 Å². The molecule has 0 saturated carbocycles. The Morgan fingerprint density at radius 3 is 2.73 bits per heavy atom. The van der Waals surface area contributed by atoms with Crippen LogP contribution in [0.1, 0.15) is 32.4 Å². The van der Waals surface area contributed by atoms with E-state index in [1.165, 1.54) is 18.5 Å². The van der Waals surface area contributed by atoms with Crippen molar-refractivity contribution in [2.45, 2.75) is 32.9 Å². The summed E-state index contributed by atoms with van der Waals surface area (Å²) in [4.78, 5) is 16.9. The number of nitrogens with zero attached hydrogens (tertiary/aromatic N) is 3. The number of nitrogens with one attached hydrogen (secondary N) is 1. The summed E-state index contributed by atoms with van der Waals surface area (Å²) in [5.74, 6) is -0.313. The third-order valence-corrected chi connectivity index (χ3v) is 3.97. The molecule has 0 fully saturated rings. The summed E-state index contributed by atoms with van der Waals surface area (Å²) in [7, 11) is 0. The largest absolute Gasteiger partial charge is 0.460 e. The molecule has 1 aliphatic heterocycles. The molecular weight excluding hydrogens is 339 g/mol. The molecule has 0 saturated heterocycles. The molecular formula is C18H21FN4O3. The highest BCUT2D eigenvalue weighted by atomic mass is 19.1. The van der Waals surface area contributed by atoms with Crippen LogP contribution in [-0.2, 0) is 14.3 Å². The zero-order valence-electron chi connectivity index (χ0n) is 14.9. The Balaban J connectivity index is 1.88. The van der Waals surface area contributed by atoms with Gasteiger partial charge in [-0.25, -0.2) is 13.9 Å². The van der Waals surface area contributed by atoms with Gasteiger partial charge in [0.05, 0.1) is 18.3 Å². The molecule has 1 atom stereocenters. The van der Waals surface area contributed by atoms with Gasteiger partial charge >= 0.3 is 5.97 Å². The van der Waals surface area contributed by atoms with Gasteiger partial charge in [-0.05, 0) is 38.5 Å². The molecule has 7 nitrogen and oxygen atoms in total. The number of anilines is 1. The Bertz CT molecular complexity index is 814. The highest BCUT2D eigenvalue weighted by molar-refractivity contribution is 5.92. The third-order valence-electron chi connectivity index (χ3n) is 3.97. The average molecular weight is 360 g/mol. The van der Waals surface area contributed by atoms with Crippen molar-refractivity contribution in [3.63, 3.8) is 0 Å². The van der Waals surface area contributed by atoms with E-state index >= 15 is 0 Å². The zero-order chi connectivity index (χ0) is 18.7. The second-order valence-electron chi connectivity index (χ2n) is 6.20. The van der Waals surface area contributed by atoms with E-state index in [-0.39, 0.29) is 18.5 Å². The molecule has 2 heterocycles. The summed E-state index contributed by atoms with van der Waals surface area (Å²) in [6.45, 7) is 6.07. The molecule has 8 heteroatoms. The number of rotatable bonds is 6. The molecule has 1 unspecified atom stereocenters. The number of ether oxygens (including phenoxy) is 2. The molecule has 0 bridgehead atoms. The van der Waals surface area contributed by atoms with Crippen LogP contribution < -0.4 is 5.32 Å². The lowest BCUT2D eigenvalue weighted by Gasteiger charge is -2.28. The first-order valence-electron chi connectivity index (χ1n) is 8.39. The maximum absolute atomic E-state index is 13.3. The number of carbonyl (C=O) groups is 1. The number of allylic oxidation sites excluding steroid dienone is 1. The number of benzene rings is 1. The van der Waals surface area contributed by atoms with Crippen LogP contribution in [0.15, 0.2) is 41.9 Å². The van der Waals surface area contributed by atoms with Gasteiger partial charge in [0, 0.05) is 5.70 Å². The second-order valence-corrected chi connectivity index (χ2v) is 6.20. The molecule has 1 N–H and O–H groups in total. The lowest BCUT2D eigenvalue weighted by atomic mass is 9.96. The average Bonchev–Trinajstić information content (AvgIpc) is 3.06. The highest BCUT2D eigenvalue weighted by Crippen LogP contribution is 2.35. The van der Waals surface area contributed by atoms with Gasteiger partial charge in [-0.1, -0.05) is 12.1 Å². The molecule has 1 aliphatic rings. The van der Waals surface area contributed by atoms with Crippen LogP contribution in [0.3, 0.4) is 0 Å². The fourth-order valence-electron chi connectivity index (χ4n) is 2.80. The predicted octanol–water partition coefficient (Wildman–Crippen LogP) is 2.67. The van der Waals surface area contributed by atoms with Crippen LogP contribution in [0.2, 0.25) is 0 Å². The first-order valence-corrected chi connectivity index (χ1v) is 8.39. The minimum absolute atomic E-state index is 0.0654. The normalized spacial score (nSPS) is 16.4. The van der Waals surface area contributed by atoms with E-state index in [1.807, 2.05) is 13.8 Å². The number of halogens is 1. The number of fused-ring (bicyclic) bond motifs is 1. The molecule has 3 rings (SSSR count). The number of hydrogen-bond acceptors (Lipinski definition) is 6. The fraction of sp³-hybridized carbons (Fsp3) is 0.389. The Labute approximate surface area is 150 Å². The minimum atomic E-state index is -0.548. The first-order chi connectivity index (χ1) is 12.5. The van der Waals surface area contributed by atoms with E-state index in [0.29, 0.717) is 29.4 Å². The minimum Gasteiger partial charge on any atom is -0.460 e. The summed E-state index contributed by atoms with van der Waals surface area (Å²) in [6.07, 6.45) is 1.47. The van der Waals surface area contributed by atoms with Gasteiger partial charge in [0.15, 0.2) is 0 Å². The van der Waals surface area contributed by atoms with Crippen LogP contribution >= 0.6 is 0 Å². The van der Waals surface area contributed by atoms with Crippen LogP contribution in [0.25, 0.3) is 0 Å². The van der Waals surface area contributed by atoms with Gasteiger partial charge in [-0.3, -0.25) is 0 Å². The molecule has 26 heavy (non-hydrogen) atoms. The SMILES string of the molecule is CC1=C(C(=O)OCCOC(C)C)C(c2ccc(F)cc2)n2ncnc2N1. The van der Waals surface area contributed by atoms with Gasteiger partial charge in [0.25, 0.3) is 0 Å². The van der Waals surface area contributed by atoms with E-state index in [1.54, 1.807) is 23.7 Å². The van der Waals surface area contributed by atoms with Crippen molar-refractivity contribution in [2.24, 2.45) is 0 Å². The van der Waals surface area contributed by atoms with Gasteiger partial charge in [0.2, 0.25) is 5.95 Å². The smallest absolute Gasteiger partial charge is 0.338 e. The van der Waals surface area contributed by atoms with Crippen molar-refractivity contribution in [1.82, 2.24) is 14.8 Å². The number of hydrogen-bond donors (Lipinski definition) is 1. The Morgan fingerprint density at radius 1 is 1.31 bits per heavy atom. The third kappa shape index (κ3) is 3.75. The Morgan fingerprint density at radius 2 is 2.04 bits per heavy atom. The van der Waals surface area contributed by atoms with Gasteiger partial charge in [-0.2, -0.15) is 10.1 Å². The zero-order valence-corrected chi connectivity index (χ0v) is 14.9. The predicted molar refractivity (Wildman–Crippen MR) is 92.9 cm³/mol. The molecule has 0 spiro atoms. The Kier molecular flexibility index (Phi) is 5.32. The van der Waals surface area contributed by atoms with Crippen molar-refractivity contribution in [3.05, 3.63) is 53.2 Å². The van der Waals surface area contributed by atoms with E-state index in [2.05, 4.69) is 15.4 Å². The standard InChI is InChI=1S/C18H21FN4O3/c1-11(2)25-8-9-26-17(24)15-12(3)22-18-20-10-21-23(18)16(15)13-4-6-14(19)7-5-13/h4-7,10-11,16H,8-9H2,1-3H3,(H,20,21,22). The molecule has 1 aromatic carbocycles. The summed E-state index contributed by atoms with van der Waals surface area (Å²) in [6, 6.07) is 5.40. The number of carbonyl (C=O) groups excluding carboxylic acids is 1. The van der Waals surface area contributed by atoms with E-state index in [9.17, 15) is 9.18 Å². The van der Waals surface area contributed by atoms with Crippen LogP contribution in [0.4, 0.5) is 10.3 Å². The molecule has 0 aliphatic carbocycles. The number of aromatic nitrogens is 3. The monoisotopic (exact) mass is 360 g/mol. The molecule has 0 radical (unpaired) electrons. The highest BCUT2D eigenvalue weighted by Gasteiger charge is 2.34. The molecule has 2 aromatic rings. The quantitative estimate of drug-likeness (QED) is 0.630. The maximum atomic E-state index is 13.3. The second kappa shape index (κ2) is 7.65. The van der Waals surface area contributed by atoms with Gasteiger partial charge in [0.1, 0.15) is 24.8 Å². The van der Waals surface area contributed by atoms with Crippen LogP contribution in [0, 0.1) is 5.82 Å². The van der Waals surface area contributed by atoms with Gasteiger partial charge < -0.3 is 14.8 Å². The topological polar surface area (TPSA) is 78.3 Å². The fourth-order valence-corrected chi connectivity index (χ4v) is 2.80. The van der Waals surface area contributed by atoms with Crippen LogP contribution in [0.5, 0.6) is 0 Å². The summed E-state index contributed by atoms with van der Waals surface area (Å²) in [5.41, 5.74) is 1.73. The van der Waals surface area contributed by atoms with E-state index in [4.69, 9.17) is 9.47 Å². The van der Waals surface area contributed by atoms with Crippen molar-refractivity contribution in [3.8, 4) is 0 Å². The van der Waals surface area contributed by atoms with E-state index < -0.39 is 12.0 Å². The summed E-state index contributed by atoms with van der Waals surface area (Å²) in [5, 5.41) is 7.26.